The summed E-state index contributed by atoms with van der Waals surface area (Å²) >= 11 is 0. The SMILES string of the molecule is CCC(C)CCCCCCCC[C@@H]1CC(=O)N[C@@H](CCC(N)=O)C(=O)N[C@@H](CC(C)C)C(=O)N[C@@H](CC(C)C)C(=O)N[C@H](C(C)C)C(=O)N[C@H](CC(=O)O)C(=O)N[C@@H](CC(C)C)C(=O)N[C@@H]([C@@H](C)CC)C(=O)O1. The number of carboxylic acid groups (broad SMARTS) is 1. The number of aliphatic carboxylic acids is 1. The molecule has 0 aliphatic carbocycles. The molecule has 0 saturated carbocycles. The monoisotopic (exact) mass is 1030 g/mol. The number of nitrogens with two attached hydrogens (primary N) is 1. The number of hydrogen-bond donors (Lipinski definition) is 9. The number of cyclic esters (lactones) is 1. The Morgan fingerprint density at radius 2 is 0.986 bits per heavy atom. The minimum atomic E-state index is -1.72. The summed E-state index contributed by atoms with van der Waals surface area (Å²) in [7, 11) is 0. The van der Waals surface area contributed by atoms with Crippen molar-refractivity contribution < 1.29 is 57.8 Å². The van der Waals surface area contributed by atoms with Gasteiger partial charge in [0.05, 0.1) is 12.8 Å². The van der Waals surface area contributed by atoms with Gasteiger partial charge in [-0.2, -0.15) is 0 Å². The molecule has 20 nitrogen and oxygen atoms in total. The highest BCUT2D eigenvalue weighted by Crippen LogP contribution is 2.20. The molecule has 0 aromatic carbocycles. The predicted molar refractivity (Wildman–Crippen MR) is 278 cm³/mol. The molecule has 1 aliphatic rings. The van der Waals surface area contributed by atoms with Crippen molar-refractivity contribution in [3.8, 4) is 0 Å². The fourth-order valence-electron chi connectivity index (χ4n) is 8.51. The minimum Gasteiger partial charge on any atom is -0.481 e. The van der Waals surface area contributed by atoms with Gasteiger partial charge in [-0.1, -0.05) is 134 Å². The highest BCUT2D eigenvalue weighted by Gasteiger charge is 2.38. The van der Waals surface area contributed by atoms with E-state index in [0.717, 1.165) is 44.9 Å². The van der Waals surface area contributed by atoms with Crippen molar-refractivity contribution in [2.45, 2.75) is 241 Å². The first-order valence-electron chi connectivity index (χ1n) is 27.0. The van der Waals surface area contributed by atoms with Crippen LogP contribution in [0.2, 0.25) is 0 Å². The molecule has 1 unspecified atom stereocenters. The molecule has 8 amide bonds. The van der Waals surface area contributed by atoms with Crippen LogP contribution >= 0.6 is 0 Å². The molecule has 0 bridgehead atoms. The van der Waals surface area contributed by atoms with E-state index in [1.54, 1.807) is 34.6 Å². The van der Waals surface area contributed by atoms with Gasteiger partial charge in [0.25, 0.3) is 0 Å². The molecule has 418 valence electrons. The number of carbonyl (C=O) groups is 10. The lowest BCUT2D eigenvalue weighted by molar-refractivity contribution is -0.156. The first-order valence-corrected chi connectivity index (χ1v) is 27.0. The average Bonchev–Trinajstić information content (AvgIpc) is 3.29. The molecule has 73 heavy (non-hydrogen) atoms. The van der Waals surface area contributed by atoms with Crippen LogP contribution in [-0.4, -0.2) is 113 Å². The molecule has 1 aliphatic heterocycles. The molecule has 1 heterocycles. The summed E-state index contributed by atoms with van der Waals surface area (Å²) in [6.45, 7) is 22.0. The van der Waals surface area contributed by atoms with Crippen LogP contribution in [0.25, 0.3) is 0 Å². The number of esters is 1. The average molecular weight is 1040 g/mol. The molecule has 10 atom stereocenters. The van der Waals surface area contributed by atoms with Crippen LogP contribution in [0.15, 0.2) is 0 Å². The Hall–Kier alpha value is -5.30. The zero-order valence-corrected chi connectivity index (χ0v) is 46.1. The molecule has 0 aromatic rings. The summed E-state index contributed by atoms with van der Waals surface area (Å²) in [6.07, 6.45) is 5.82. The number of rotatable bonds is 24. The zero-order valence-electron chi connectivity index (χ0n) is 46.1. The van der Waals surface area contributed by atoms with E-state index in [1.165, 1.54) is 0 Å². The van der Waals surface area contributed by atoms with Gasteiger partial charge >= 0.3 is 11.9 Å². The van der Waals surface area contributed by atoms with Gasteiger partial charge in [0, 0.05) is 6.42 Å². The quantitative estimate of drug-likeness (QED) is 0.0479. The van der Waals surface area contributed by atoms with Crippen molar-refractivity contribution in [3.05, 3.63) is 0 Å². The Morgan fingerprint density at radius 1 is 0.548 bits per heavy atom. The zero-order chi connectivity index (χ0) is 55.5. The normalized spacial score (nSPS) is 24.8. The smallest absolute Gasteiger partial charge is 0.329 e. The number of primary amides is 1. The van der Waals surface area contributed by atoms with E-state index in [9.17, 15) is 53.1 Å². The third-order valence-corrected chi connectivity index (χ3v) is 13.2. The van der Waals surface area contributed by atoms with Crippen LogP contribution < -0.4 is 43.0 Å². The van der Waals surface area contributed by atoms with Gasteiger partial charge in [-0.05, 0) is 74.0 Å². The van der Waals surface area contributed by atoms with Gasteiger partial charge in [0.15, 0.2) is 0 Å². The van der Waals surface area contributed by atoms with Gasteiger partial charge in [0.2, 0.25) is 47.3 Å². The third-order valence-electron chi connectivity index (χ3n) is 13.2. The summed E-state index contributed by atoms with van der Waals surface area (Å²) in [4.78, 5) is 137. The fraction of sp³-hybridized carbons (Fsp3) is 0.811. The number of amides is 8. The summed E-state index contributed by atoms with van der Waals surface area (Å²) in [5, 5.41) is 28.5. The van der Waals surface area contributed by atoms with Crippen LogP contribution in [0.5, 0.6) is 0 Å². The second-order valence-electron chi connectivity index (χ2n) is 21.9. The highest BCUT2D eigenvalue weighted by molar-refractivity contribution is 5.98. The molecule has 1 rings (SSSR count). The molecular weight excluding hydrogens is 941 g/mol. The van der Waals surface area contributed by atoms with Crippen LogP contribution in [0.4, 0.5) is 0 Å². The van der Waals surface area contributed by atoms with Crippen LogP contribution in [0, 0.1) is 35.5 Å². The van der Waals surface area contributed by atoms with Crippen molar-refractivity contribution >= 4 is 59.2 Å². The first kappa shape index (κ1) is 65.7. The summed E-state index contributed by atoms with van der Waals surface area (Å²) < 4.78 is 6.08. The number of unbranched alkanes of at least 4 members (excludes halogenated alkanes) is 5. The van der Waals surface area contributed by atoms with E-state index < -0.39 is 132 Å². The maximum absolute atomic E-state index is 14.3. The second-order valence-corrected chi connectivity index (χ2v) is 21.9. The van der Waals surface area contributed by atoms with Gasteiger partial charge in [-0.25, -0.2) is 4.79 Å². The van der Waals surface area contributed by atoms with E-state index >= 15 is 0 Å². The van der Waals surface area contributed by atoms with Crippen molar-refractivity contribution in [2.24, 2.45) is 41.2 Å². The van der Waals surface area contributed by atoms with E-state index in [4.69, 9.17) is 10.5 Å². The standard InChI is InChI=1S/C53H94N8O12/c1-13-34(11)21-19-17-15-16-18-20-22-36-28-43(63)55-37(23-24-42(54)62)47(66)56-38(25-30(3)4)48(67)57-39(26-31(5)6)50(69)60-45(33(9)10)52(71)59-41(29-44(64)65)49(68)58-40(27-32(7)8)51(70)61-46(35(12)14-2)53(72)73-36/h30-41,45-46H,13-29H2,1-12H3,(H2,54,62)(H,55,63)(H,56,66)(H,57,67)(H,58,68)(H,59,71)(H,60,69)(H,61,70)(H,64,65)/t34?,35-,36+,37-,38-,39-,40-,41+,45+,46-/m0/s1. The van der Waals surface area contributed by atoms with E-state index in [-0.39, 0.29) is 56.3 Å². The fourth-order valence-corrected chi connectivity index (χ4v) is 8.51. The lowest BCUT2D eigenvalue weighted by atomic mass is 9.97. The molecule has 1 fully saturated rings. The van der Waals surface area contributed by atoms with Crippen molar-refractivity contribution in [3.63, 3.8) is 0 Å². The highest BCUT2D eigenvalue weighted by atomic mass is 16.5. The Kier molecular flexibility index (Phi) is 30.8. The number of ether oxygens (including phenoxy) is 1. The van der Waals surface area contributed by atoms with Gasteiger partial charge in [-0.3, -0.25) is 43.2 Å². The summed E-state index contributed by atoms with van der Waals surface area (Å²) in [6, 6.07) is -9.49. The lowest BCUT2D eigenvalue weighted by Gasteiger charge is -2.30. The van der Waals surface area contributed by atoms with E-state index in [1.807, 2.05) is 34.6 Å². The maximum Gasteiger partial charge on any atom is 0.329 e. The predicted octanol–water partition coefficient (Wildman–Crippen LogP) is 4.44. The van der Waals surface area contributed by atoms with Gasteiger partial charge < -0.3 is 52.8 Å². The van der Waals surface area contributed by atoms with Gasteiger partial charge in [-0.15, -0.1) is 0 Å². The van der Waals surface area contributed by atoms with E-state index in [2.05, 4.69) is 51.1 Å². The third kappa shape index (κ3) is 26.5. The van der Waals surface area contributed by atoms with Crippen LogP contribution in [0.1, 0.15) is 192 Å². The number of carboxylic acids is 1. The molecule has 20 heteroatoms. The Balaban J connectivity index is 3.97. The molecular formula is C53H94N8O12. The molecule has 1 saturated heterocycles. The number of carbonyl (C=O) groups excluding carboxylic acids is 9. The Morgan fingerprint density at radius 3 is 1.44 bits per heavy atom. The van der Waals surface area contributed by atoms with Crippen molar-refractivity contribution in [2.75, 3.05) is 0 Å². The topological polar surface area (TPSA) is 310 Å². The van der Waals surface area contributed by atoms with Gasteiger partial charge in [0.1, 0.15) is 48.4 Å². The van der Waals surface area contributed by atoms with Crippen molar-refractivity contribution in [1.29, 1.82) is 0 Å². The maximum atomic E-state index is 14.3. The molecule has 10 N–H and O–H groups in total. The molecule has 0 aromatic heterocycles. The largest absolute Gasteiger partial charge is 0.481 e. The summed E-state index contributed by atoms with van der Waals surface area (Å²) in [5.41, 5.74) is 5.50. The minimum absolute atomic E-state index is 0.0458. The molecule has 0 radical (unpaired) electrons. The van der Waals surface area contributed by atoms with Crippen LogP contribution in [-0.2, 0) is 52.7 Å². The lowest BCUT2D eigenvalue weighted by Crippen LogP contribution is -2.61. The first-order chi connectivity index (χ1) is 34.2. The number of nitrogens with one attached hydrogen (secondary N) is 7. The molecule has 0 spiro atoms. The second kappa shape index (κ2) is 34.2. The summed E-state index contributed by atoms with van der Waals surface area (Å²) in [5.74, 6) is -9.74. The Bertz CT molecular complexity index is 1810. The van der Waals surface area contributed by atoms with Crippen LogP contribution in [0.3, 0.4) is 0 Å². The Labute approximate surface area is 434 Å². The van der Waals surface area contributed by atoms with E-state index in [0.29, 0.717) is 18.8 Å². The number of hydrogen-bond acceptors (Lipinski definition) is 11. The van der Waals surface area contributed by atoms with Crippen molar-refractivity contribution in [1.82, 2.24) is 37.2 Å².